The molecule has 1 saturated carbocycles. The summed E-state index contributed by atoms with van der Waals surface area (Å²) in [7, 11) is 1.50. The maximum Gasteiger partial charge on any atom is 1.00 e. The number of hydrogen-bond donors (Lipinski definition) is 1. The van der Waals surface area contributed by atoms with Crippen molar-refractivity contribution in [3.05, 3.63) is 42.3 Å². The molecule has 0 heterocycles. The minimum absolute atomic E-state index is 0. The van der Waals surface area contributed by atoms with E-state index in [2.05, 4.69) is 63.3 Å². The summed E-state index contributed by atoms with van der Waals surface area (Å²) in [6.07, 6.45) is 10.2. The number of nitrogens with two attached hydrogens (primary N) is 1. The summed E-state index contributed by atoms with van der Waals surface area (Å²) in [5.41, 5.74) is 5.86. The normalized spacial score (nSPS) is 27.2. The van der Waals surface area contributed by atoms with E-state index in [4.69, 9.17) is 0 Å². The van der Waals surface area contributed by atoms with Crippen LogP contribution < -0.4 is 57.1 Å². The first-order valence-corrected chi connectivity index (χ1v) is 8.95. The summed E-state index contributed by atoms with van der Waals surface area (Å²) in [4.78, 5) is 11.6. The third kappa shape index (κ3) is 6.66. The van der Waals surface area contributed by atoms with E-state index in [0.29, 0.717) is 5.92 Å². The Hall–Kier alpha value is 0.486. The van der Waals surface area contributed by atoms with Crippen LogP contribution in [0.4, 0.5) is 0 Å². The molecule has 0 radical (unpaired) electrons. The molecule has 3 atom stereocenters. The van der Waals surface area contributed by atoms with Gasteiger partial charge in [-0.05, 0) is 42.2 Å². The van der Waals surface area contributed by atoms with Crippen molar-refractivity contribution in [3.63, 3.8) is 0 Å². The van der Waals surface area contributed by atoms with Crippen molar-refractivity contribution in [1.29, 1.82) is 0 Å². The van der Waals surface area contributed by atoms with Crippen LogP contribution >= 0.6 is 0 Å². The number of hydrogen-bond acceptors (Lipinski definition) is 2. The Balaban J connectivity index is 0.00000170. The van der Waals surface area contributed by atoms with Gasteiger partial charge in [0.05, 0.1) is 0 Å². The quantitative estimate of drug-likeness (QED) is 0.481. The van der Waals surface area contributed by atoms with Crippen LogP contribution in [-0.4, -0.2) is 13.3 Å². The molecule has 3 unspecified atom stereocenters. The Bertz CT molecular complexity index is 464. The molecule has 0 amide bonds. The van der Waals surface area contributed by atoms with E-state index in [9.17, 15) is 4.79 Å². The van der Waals surface area contributed by atoms with E-state index >= 15 is 0 Å². The van der Waals surface area contributed by atoms with Crippen molar-refractivity contribution < 1.29 is 56.2 Å². The number of carbonyl (C=O) groups is 1. The predicted molar refractivity (Wildman–Crippen MR) is 99.2 cm³/mol. The maximum atomic E-state index is 11.6. The van der Waals surface area contributed by atoms with Crippen molar-refractivity contribution in [1.82, 2.24) is 0 Å². The summed E-state index contributed by atoms with van der Waals surface area (Å²) in [6, 6.07) is 10.9. The fraction of sp³-hybridized carbons (Fsp3) is 0.619. The van der Waals surface area contributed by atoms with E-state index in [0.717, 1.165) is 19.3 Å². The molecule has 2 N–H and O–H groups in total. The van der Waals surface area contributed by atoms with E-state index in [1.54, 1.807) is 0 Å². The molecular formula is C21H34KNO. The van der Waals surface area contributed by atoms with Gasteiger partial charge in [0.25, 0.3) is 0 Å². The van der Waals surface area contributed by atoms with Gasteiger partial charge in [-0.15, -0.1) is 0 Å². The van der Waals surface area contributed by atoms with Crippen LogP contribution in [0.3, 0.4) is 0 Å². The molecule has 2 rings (SSSR count). The van der Waals surface area contributed by atoms with Crippen LogP contribution in [0, 0.1) is 17.8 Å². The van der Waals surface area contributed by atoms with Gasteiger partial charge in [0.15, 0.2) is 0 Å². The smallest absolute Gasteiger partial charge is 0.333 e. The molecule has 130 valence electrons. The maximum absolute atomic E-state index is 11.6. The molecule has 24 heavy (non-hydrogen) atoms. The van der Waals surface area contributed by atoms with Crippen LogP contribution in [0.25, 0.3) is 0 Å². The zero-order chi connectivity index (χ0) is 17.3. The van der Waals surface area contributed by atoms with Gasteiger partial charge < -0.3 is 16.9 Å². The average molecular weight is 356 g/mol. The van der Waals surface area contributed by atoms with Gasteiger partial charge in [0.1, 0.15) is 6.29 Å². The summed E-state index contributed by atoms with van der Waals surface area (Å²) < 4.78 is 0. The van der Waals surface area contributed by atoms with Gasteiger partial charge in [-0.2, -0.15) is 12.8 Å². The molecule has 1 fully saturated rings. The van der Waals surface area contributed by atoms with E-state index in [1.807, 2.05) is 0 Å². The first-order chi connectivity index (χ1) is 11.0. The zero-order valence-corrected chi connectivity index (χ0v) is 19.5. The van der Waals surface area contributed by atoms with Crippen molar-refractivity contribution in [2.24, 2.45) is 17.1 Å². The Morgan fingerprint density at radius 3 is 2.42 bits per heavy atom. The fourth-order valence-corrected chi connectivity index (χ4v) is 4.23. The third-order valence-corrected chi connectivity index (χ3v) is 5.08. The Labute approximate surface area is 191 Å². The zero-order valence-electron chi connectivity index (χ0n) is 16.3. The van der Waals surface area contributed by atoms with Gasteiger partial charge in [-0.3, -0.25) is 0 Å². The topological polar surface area (TPSA) is 43.1 Å². The van der Waals surface area contributed by atoms with Crippen molar-refractivity contribution in [3.8, 4) is 0 Å². The molecule has 0 saturated heterocycles. The number of carbonyl (C=O) groups excluding carboxylic acids is 1. The van der Waals surface area contributed by atoms with Crippen molar-refractivity contribution in [2.45, 2.75) is 64.7 Å². The summed E-state index contributed by atoms with van der Waals surface area (Å²) in [6.45, 7) is 6.74. The van der Waals surface area contributed by atoms with Gasteiger partial charge in [-0.25, -0.2) is 0 Å². The van der Waals surface area contributed by atoms with Gasteiger partial charge in [0.2, 0.25) is 0 Å². The molecule has 0 bridgehead atoms. The second kappa shape index (κ2) is 12.0. The number of rotatable bonds is 6. The van der Waals surface area contributed by atoms with Crippen molar-refractivity contribution in [2.75, 3.05) is 7.05 Å². The molecule has 0 aromatic heterocycles. The first-order valence-electron chi connectivity index (χ1n) is 8.95. The van der Waals surface area contributed by atoms with Crippen LogP contribution in [0.5, 0.6) is 0 Å². The van der Waals surface area contributed by atoms with Crippen molar-refractivity contribution >= 4 is 6.29 Å². The minimum Gasteiger partial charge on any atom is -0.333 e. The van der Waals surface area contributed by atoms with Crippen LogP contribution in [0.1, 0.15) is 64.9 Å². The largest absolute Gasteiger partial charge is 1.00 e. The van der Waals surface area contributed by atoms with Gasteiger partial charge in [-0.1, -0.05) is 63.9 Å². The fourth-order valence-electron chi connectivity index (χ4n) is 4.23. The molecule has 3 heteroatoms. The second-order valence-corrected chi connectivity index (χ2v) is 7.39. The monoisotopic (exact) mass is 355 g/mol. The second-order valence-electron chi connectivity index (χ2n) is 7.39. The molecule has 2 nitrogen and oxygen atoms in total. The summed E-state index contributed by atoms with van der Waals surface area (Å²) in [5.74, 6) is 0.706. The standard InChI is InChI=1S/C20H29O.CH5N.K/c1-4-9-17(2)14-20(18-10-6-5-7-11-18)13-8-12-19(3,15-20)16-21;1-2;/h5-8,10-11,16-17H,4,9,12-15H2,1-3H3;2H2,1H3;/q-1;;+1. The van der Waals surface area contributed by atoms with E-state index in [-0.39, 0.29) is 62.2 Å². The molecule has 0 aliphatic heterocycles. The molecule has 1 aliphatic rings. The molecule has 1 aromatic rings. The Kier molecular flexibility index (Phi) is 12.2. The van der Waals surface area contributed by atoms with Crippen LogP contribution in [0.15, 0.2) is 30.3 Å². The molecule has 0 spiro atoms. The SMILES string of the molecule is CCCC(C)CC1(c2ccccc2)C[CH-]CC(C)(C=O)C1.CN.[K+]. The molecule has 1 aliphatic carbocycles. The van der Waals surface area contributed by atoms with Crippen LogP contribution in [0.2, 0.25) is 0 Å². The van der Waals surface area contributed by atoms with Gasteiger partial charge in [0, 0.05) is 0 Å². The summed E-state index contributed by atoms with van der Waals surface area (Å²) in [5, 5.41) is 0. The average Bonchev–Trinajstić information content (AvgIpc) is 2.58. The van der Waals surface area contributed by atoms with Gasteiger partial charge >= 0.3 is 51.4 Å². The Morgan fingerprint density at radius 1 is 1.25 bits per heavy atom. The number of aldehydes is 1. The summed E-state index contributed by atoms with van der Waals surface area (Å²) >= 11 is 0. The Morgan fingerprint density at radius 2 is 1.88 bits per heavy atom. The minimum atomic E-state index is -0.194. The van der Waals surface area contributed by atoms with Crippen LogP contribution in [-0.2, 0) is 10.2 Å². The molecule has 1 aromatic carbocycles. The molecular weight excluding hydrogens is 321 g/mol. The van der Waals surface area contributed by atoms with E-state index in [1.165, 1.54) is 38.2 Å². The first kappa shape index (κ1) is 24.5. The number of benzene rings is 1. The predicted octanol–water partition coefficient (Wildman–Crippen LogP) is 1.92. The van der Waals surface area contributed by atoms with E-state index < -0.39 is 0 Å². The third-order valence-electron chi connectivity index (χ3n) is 5.08.